The first-order valence-electron chi connectivity index (χ1n) is 7.11. The monoisotopic (exact) mass is 361 g/mol. The first-order valence-corrected chi connectivity index (χ1v) is 8.10. The number of amides is 1. The molecule has 0 radical (unpaired) electrons. The Kier molecular flexibility index (Phi) is 4.61. The Morgan fingerprint density at radius 3 is 2.60 bits per heavy atom. The zero-order valence-corrected chi connectivity index (χ0v) is 13.7. The molecule has 0 spiro atoms. The van der Waals surface area contributed by atoms with Gasteiger partial charge in [0.25, 0.3) is 11.1 Å². The zero-order valence-electron chi connectivity index (χ0n) is 12.9. The van der Waals surface area contributed by atoms with Crippen molar-refractivity contribution in [3.63, 3.8) is 0 Å². The Labute approximate surface area is 143 Å². The Hall–Kier alpha value is -3.01. The second kappa shape index (κ2) is 6.85. The van der Waals surface area contributed by atoms with Gasteiger partial charge in [-0.05, 0) is 31.2 Å². The van der Waals surface area contributed by atoms with Crippen molar-refractivity contribution < 1.29 is 9.18 Å². The lowest BCUT2D eigenvalue weighted by molar-refractivity contribution is -0.113. The highest BCUT2D eigenvalue weighted by atomic mass is 32.2. The van der Waals surface area contributed by atoms with Crippen LogP contribution < -0.4 is 16.4 Å². The van der Waals surface area contributed by atoms with Crippen molar-refractivity contribution in [3.05, 3.63) is 56.5 Å². The van der Waals surface area contributed by atoms with Gasteiger partial charge in [0.05, 0.1) is 5.75 Å². The third kappa shape index (κ3) is 3.91. The Morgan fingerprint density at radius 2 is 1.88 bits per heavy atom. The van der Waals surface area contributed by atoms with Crippen LogP contribution in [-0.2, 0) is 4.79 Å². The van der Waals surface area contributed by atoms with Gasteiger partial charge in [-0.2, -0.15) is 0 Å². The molecule has 0 bridgehead atoms. The maximum absolute atomic E-state index is 12.8. The molecule has 8 nitrogen and oxygen atoms in total. The van der Waals surface area contributed by atoms with Gasteiger partial charge >= 0.3 is 0 Å². The molecule has 2 aromatic heterocycles. The normalized spacial score (nSPS) is 10.8. The van der Waals surface area contributed by atoms with Crippen LogP contribution in [0, 0.1) is 12.7 Å². The summed E-state index contributed by atoms with van der Waals surface area (Å²) in [5, 5.41) is 2.77. The summed E-state index contributed by atoms with van der Waals surface area (Å²) in [6.07, 6.45) is 0. The summed E-state index contributed by atoms with van der Waals surface area (Å²) in [5.41, 5.74) is -0.241. The molecule has 0 saturated carbocycles. The van der Waals surface area contributed by atoms with Gasteiger partial charge in [-0.15, -0.1) is 0 Å². The summed E-state index contributed by atoms with van der Waals surface area (Å²) < 4.78 is 12.8. The van der Waals surface area contributed by atoms with Gasteiger partial charge in [-0.1, -0.05) is 11.8 Å². The average Bonchev–Trinajstić information content (AvgIpc) is 2.57. The summed E-state index contributed by atoms with van der Waals surface area (Å²) in [5.74, 6) is -0.784. The number of benzene rings is 1. The van der Waals surface area contributed by atoms with Gasteiger partial charge in [0.15, 0.2) is 16.3 Å². The number of nitrogens with zero attached hydrogens (tertiary/aromatic N) is 2. The van der Waals surface area contributed by atoms with Crippen molar-refractivity contribution in [1.82, 2.24) is 19.9 Å². The lowest BCUT2D eigenvalue weighted by atomic mass is 10.3. The standard InChI is InChI=1S/C15H12FN5O3S/c1-7-13(23)19-12-11(17-7)14(24)21-15(20-12)25-6-10(22)18-9-4-2-8(16)3-5-9/h2-5H,6H2,1H3,(H,18,22)(H2,19,20,21,23,24). The highest BCUT2D eigenvalue weighted by molar-refractivity contribution is 7.99. The van der Waals surface area contributed by atoms with Crippen molar-refractivity contribution in [2.75, 3.05) is 11.1 Å². The van der Waals surface area contributed by atoms with Crippen molar-refractivity contribution in [2.45, 2.75) is 12.1 Å². The number of rotatable bonds is 4. The lowest BCUT2D eigenvalue weighted by Gasteiger charge is -2.05. The molecule has 25 heavy (non-hydrogen) atoms. The molecule has 10 heteroatoms. The topological polar surface area (TPSA) is 121 Å². The zero-order chi connectivity index (χ0) is 18.0. The van der Waals surface area contributed by atoms with Gasteiger partial charge in [0.1, 0.15) is 11.5 Å². The van der Waals surface area contributed by atoms with Crippen LogP contribution in [0.5, 0.6) is 0 Å². The maximum atomic E-state index is 12.8. The molecule has 1 amide bonds. The number of aromatic nitrogens is 4. The van der Waals surface area contributed by atoms with Gasteiger partial charge in [-0.25, -0.2) is 14.4 Å². The van der Waals surface area contributed by atoms with E-state index in [0.717, 1.165) is 11.8 Å². The molecular weight excluding hydrogens is 349 g/mol. The van der Waals surface area contributed by atoms with Gasteiger partial charge < -0.3 is 10.3 Å². The van der Waals surface area contributed by atoms with E-state index >= 15 is 0 Å². The van der Waals surface area contributed by atoms with Crippen LogP contribution in [0.1, 0.15) is 5.69 Å². The van der Waals surface area contributed by atoms with Crippen LogP contribution in [0.4, 0.5) is 10.1 Å². The predicted molar refractivity (Wildman–Crippen MR) is 91.3 cm³/mol. The first-order chi connectivity index (χ1) is 11.9. The van der Waals surface area contributed by atoms with E-state index in [4.69, 9.17) is 0 Å². The number of fused-ring (bicyclic) bond motifs is 1. The number of thioether (sulfide) groups is 1. The van der Waals surface area contributed by atoms with E-state index in [0.29, 0.717) is 5.69 Å². The Bertz CT molecular complexity index is 1060. The summed E-state index contributed by atoms with van der Waals surface area (Å²) >= 11 is 0.987. The van der Waals surface area contributed by atoms with Crippen molar-refractivity contribution in [3.8, 4) is 0 Å². The number of aromatic amines is 2. The molecule has 128 valence electrons. The summed E-state index contributed by atoms with van der Waals surface area (Å²) in [6, 6.07) is 5.34. The van der Waals surface area contributed by atoms with Gasteiger partial charge in [0.2, 0.25) is 5.91 Å². The van der Waals surface area contributed by atoms with Crippen LogP contribution in [-0.4, -0.2) is 31.6 Å². The highest BCUT2D eigenvalue weighted by Gasteiger charge is 2.10. The second-order valence-corrected chi connectivity index (χ2v) is 6.03. The molecule has 3 aromatic rings. The number of aryl methyl sites for hydroxylation is 1. The number of hydrogen-bond acceptors (Lipinski definition) is 6. The van der Waals surface area contributed by atoms with Crippen LogP contribution in [0.15, 0.2) is 39.0 Å². The molecule has 3 rings (SSSR count). The molecule has 0 atom stereocenters. The molecule has 0 aliphatic rings. The van der Waals surface area contributed by atoms with Crippen LogP contribution in [0.3, 0.4) is 0 Å². The Morgan fingerprint density at radius 1 is 1.16 bits per heavy atom. The maximum Gasteiger partial charge on any atom is 0.279 e. The van der Waals surface area contributed by atoms with E-state index in [9.17, 15) is 18.8 Å². The predicted octanol–water partition coefficient (Wildman–Crippen LogP) is 1.18. The fourth-order valence-electron chi connectivity index (χ4n) is 1.99. The SMILES string of the molecule is Cc1nc2c(=O)[nH]c(SCC(=O)Nc3ccc(F)cc3)nc2[nH]c1=O. The smallest absolute Gasteiger partial charge is 0.279 e. The minimum atomic E-state index is -0.509. The third-order valence-electron chi connectivity index (χ3n) is 3.18. The van der Waals surface area contributed by atoms with Gasteiger partial charge in [0, 0.05) is 5.69 Å². The van der Waals surface area contributed by atoms with Crippen LogP contribution >= 0.6 is 11.8 Å². The summed E-state index contributed by atoms with van der Waals surface area (Å²) in [4.78, 5) is 48.5. The van der Waals surface area contributed by atoms with Crippen molar-refractivity contribution >= 4 is 34.5 Å². The minimum Gasteiger partial charge on any atom is -0.325 e. The Balaban J connectivity index is 1.73. The number of H-pyrrole nitrogens is 2. The molecular formula is C15H12FN5O3S. The number of halogens is 1. The molecule has 2 heterocycles. The van der Waals surface area contributed by atoms with E-state index in [2.05, 4.69) is 25.3 Å². The summed E-state index contributed by atoms with van der Waals surface area (Å²) in [6.45, 7) is 1.49. The van der Waals surface area contributed by atoms with E-state index in [-0.39, 0.29) is 33.7 Å². The molecule has 1 aromatic carbocycles. The van der Waals surface area contributed by atoms with E-state index in [1.807, 2.05) is 0 Å². The lowest BCUT2D eigenvalue weighted by Crippen LogP contribution is -2.20. The molecule has 0 saturated heterocycles. The second-order valence-electron chi connectivity index (χ2n) is 5.06. The first kappa shape index (κ1) is 16.8. The quantitative estimate of drug-likeness (QED) is 0.474. The van der Waals surface area contributed by atoms with E-state index in [1.54, 1.807) is 0 Å². The molecule has 0 aliphatic carbocycles. The molecule has 0 fully saturated rings. The fraction of sp³-hybridized carbons (Fsp3) is 0.133. The van der Waals surface area contributed by atoms with E-state index < -0.39 is 16.9 Å². The van der Waals surface area contributed by atoms with Gasteiger partial charge in [-0.3, -0.25) is 19.4 Å². The number of anilines is 1. The average molecular weight is 361 g/mol. The van der Waals surface area contributed by atoms with Crippen molar-refractivity contribution in [1.29, 1.82) is 0 Å². The third-order valence-corrected chi connectivity index (χ3v) is 4.05. The highest BCUT2D eigenvalue weighted by Crippen LogP contribution is 2.14. The number of carbonyl (C=O) groups is 1. The number of hydrogen-bond donors (Lipinski definition) is 3. The molecule has 3 N–H and O–H groups in total. The molecule has 0 aliphatic heterocycles. The minimum absolute atomic E-state index is 0.0252. The van der Waals surface area contributed by atoms with Crippen LogP contribution in [0.25, 0.3) is 11.2 Å². The molecule has 0 unspecified atom stereocenters. The van der Waals surface area contributed by atoms with E-state index in [1.165, 1.54) is 31.2 Å². The largest absolute Gasteiger partial charge is 0.325 e. The number of nitrogens with one attached hydrogen (secondary N) is 3. The van der Waals surface area contributed by atoms with Crippen molar-refractivity contribution in [2.24, 2.45) is 0 Å². The number of carbonyl (C=O) groups excluding carboxylic acids is 1. The summed E-state index contributed by atoms with van der Waals surface area (Å²) in [7, 11) is 0. The fourth-order valence-corrected chi connectivity index (χ4v) is 2.65. The van der Waals surface area contributed by atoms with Crippen LogP contribution in [0.2, 0.25) is 0 Å².